The molecule has 14 heteroatoms. The molecule has 14 atom stereocenters. The molecule has 2 fully saturated rings. The van der Waals surface area contributed by atoms with Crippen LogP contribution in [0.4, 0.5) is 9.18 Å². The molecular weight excluding hydrogens is 703 g/mol. The number of aliphatic hydroxyl groups excluding tert-OH is 1. The molecule has 1 amide bonds. The molecule has 3 rings (SSSR count). The van der Waals surface area contributed by atoms with Crippen LogP contribution in [0.3, 0.4) is 0 Å². The molecule has 0 bridgehead atoms. The number of alkyl carbamates (subject to hydrolysis) is 1. The summed E-state index contributed by atoms with van der Waals surface area (Å²) in [5.41, 5.74) is -2.67. The van der Waals surface area contributed by atoms with Crippen LogP contribution in [0.2, 0.25) is 0 Å². The number of Topliss-reactive ketones (excluding diaryl/α,β-unsaturated/α-hetero) is 1. The average Bonchev–Trinajstić information content (AvgIpc) is 3.12. The third kappa shape index (κ3) is 10.6. The molecule has 0 aromatic heterocycles. The molecule has 2 aliphatic rings. The maximum absolute atomic E-state index is 14.3. The summed E-state index contributed by atoms with van der Waals surface area (Å²) < 4.78 is 51.2. The van der Waals surface area contributed by atoms with E-state index in [-0.39, 0.29) is 43.7 Å². The summed E-state index contributed by atoms with van der Waals surface area (Å²) in [7, 11) is 6.59. The highest BCUT2D eigenvalue weighted by molar-refractivity contribution is 5.83. The van der Waals surface area contributed by atoms with Crippen molar-refractivity contribution in [3.63, 3.8) is 0 Å². The number of esters is 1. The van der Waals surface area contributed by atoms with Crippen LogP contribution in [0.1, 0.15) is 80.2 Å². The van der Waals surface area contributed by atoms with Crippen LogP contribution in [0.5, 0.6) is 0 Å². The van der Waals surface area contributed by atoms with Crippen molar-refractivity contribution < 1.29 is 57.4 Å². The van der Waals surface area contributed by atoms with E-state index in [2.05, 4.69) is 5.32 Å². The maximum Gasteiger partial charge on any atom is 0.407 e. The van der Waals surface area contributed by atoms with Gasteiger partial charge in [0.25, 0.3) is 0 Å². The first kappa shape index (κ1) is 45.7. The lowest BCUT2D eigenvalue weighted by Crippen LogP contribution is -2.61. The molecule has 2 heterocycles. The van der Waals surface area contributed by atoms with E-state index < -0.39 is 89.6 Å². The Balaban J connectivity index is 2.14. The van der Waals surface area contributed by atoms with Crippen LogP contribution >= 0.6 is 0 Å². The highest BCUT2D eigenvalue weighted by atomic mass is 19.1. The summed E-state index contributed by atoms with van der Waals surface area (Å²) in [6, 6.07) is 5.93. The Morgan fingerprint density at radius 2 is 1.70 bits per heavy atom. The topological polar surface area (TPSA) is 162 Å². The number of amides is 1. The molecule has 0 radical (unpaired) electrons. The summed E-state index contributed by atoms with van der Waals surface area (Å²) in [6.45, 7) is 13.6. The van der Waals surface area contributed by atoms with Crippen molar-refractivity contribution in [2.24, 2.45) is 23.7 Å². The van der Waals surface area contributed by atoms with Gasteiger partial charge in [0.05, 0.1) is 29.8 Å². The first-order valence-corrected chi connectivity index (χ1v) is 19.1. The van der Waals surface area contributed by atoms with Gasteiger partial charge in [-0.3, -0.25) is 9.59 Å². The highest BCUT2D eigenvalue weighted by Gasteiger charge is 2.53. The lowest BCUT2D eigenvalue weighted by molar-refractivity contribution is -0.301. The number of methoxy groups -OCH3 is 2. The zero-order valence-electron chi connectivity index (χ0n) is 34.2. The Morgan fingerprint density at radius 3 is 2.28 bits per heavy atom. The van der Waals surface area contributed by atoms with Gasteiger partial charge in [0, 0.05) is 44.6 Å². The van der Waals surface area contributed by atoms with Gasteiger partial charge in [0.1, 0.15) is 35.5 Å². The number of cyclic esters (lactones) is 1. The van der Waals surface area contributed by atoms with Gasteiger partial charge in [-0.15, -0.1) is 0 Å². The van der Waals surface area contributed by atoms with E-state index in [1.807, 2.05) is 25.9 Å². The minimum atomic E-state index is -1.78. The number of benzene rings is 1. The second-order valence-corrected chi connectivity index (χ2v) is 15.9. The monoisotopic (exact) mass is 768 g/mol. The Hall–Kier alpha value is -2.72. The second kappa shape index (κ2) is 19.4. The summed E-state index contributed by atoms with van der Waals surface area (Å²) >= 11 is 0. The summed E-state index contributed by atoms with van der Waals surface area (Å²) in [5.74, 6) is -4.85. The van der Waals surface area contributed by atoms with E-state index in [1.54, 1.807) is 59.7 Å². The Morgan fingerprint density at radius 1 is 1.06 bits per heavy atom. The summed E-state index contributed by atoms with van der Waals surface area (Å²) in [6.07, 6.45) is -6.79. The number of nitrogens with one attached hydrogen (secondary N) is 1. The minimum Gasteiger partial charge on any atom is -0.459 e. The van der Waals surface area contributed by atoms with Gasteiger partial charge in [-0.1, -0.05) is 45.9 Å². The third-order valence-electron chi connectivity index (χ3n) is 11.6. The van der Waals surface area contributed by atoms with Crippen molar-refractivity contribution >= 4 is 17.8 Å². The summed E-state index contributed by atoms with van der Waals surface area (Å²) in [5, 5.41) is 26.1. The first-order chi connectivity index (χ1) is 25.2. The van der Waals surface area contributed by atoms with Gasteiger partial charge < -0.3 is 48.9 Å². The average molecular weight is 769 g/mol. The smallest absolute Gasteiger partial charge is 0.407 e. The van der Waals surface area contributed by atoms with E-state index in [9.17, 15) is 29.0 Å². The fraction of sp³-hybridized carbons (Fsp3) is 0.775. The number of halogens is 1. The molecule has 0 unspecified atom stereocenters. The number of likely N-dealkylation sites (N-methyl/N-ethyl adjacent to an activating group) is 1. The molecular formula is C40H65FN2O11. The van der Waals surface area contributed by atoms with E-state index in [0.29, 0.717) is 12.0 Å². The fourth-order valence-electron chi connectivity index (χ4n) is 8.38. The number of hydrogen-bond acceptors (Lipinski definition) is 12. The number of carbonyl (C=O) groups is 3. The molecule has 308 valence electrons. The van der Waals surface area contributed by atoms with Crippen molar-refractivity contribution in [2.75, 3.05) is 34.9 Å². The first-order valence-electron chi connectivity index (χ1n) is 19.1. The molecule has 0 spiro atoms. The van der Waals surface area contributed by atoms with Crippen LogP contribution in [0.25, 0.3) is 0 Å². The van der Waals surface area contributed by atoms with E-state index in [4.69, 9.17) is 28.4 Å². The molecule has 3 N–H and O–H groups in total. The molecule has 13 nitrogen and oxygen atoms in total. The van der Waals surface area contributed by atoms with Crippen LogP contribution in [0.15, 0.2) is 24.3 Å². The molecule has 0 saturated carbocycles. The van der Waals surface area contributed by atoms with E-state index >= 15 is 0 Å². The van der Waals surface area contributed by atoms with Crippen molar-refractivity contribution in [3.05, 3.63) is 35.6 Å². The van der Waals surface area contributed by atoms with Crippen molar-refractivity contribution in [1.82, 2.24) is 10.2 Å². The molecule has 54 heavy (non-hydrogen) atoms. The van der Waals surface area contributed by atoms with Crippen LogP contribution in [-0.4, -0.2) is 128 Å². The number of ether oxygens (including phenoxy) is 6. The zero-order valence-corrected chi connectivity index (χ0v) is 34.2. The summed E-state index contributed by atoms with van der Waals surface area (Å²) in [4.78, 5) is 43.7. The number of hydrogen-bond donors (Lipinski definition) is 3. The van der Waals surface area contributed by atoms with Gasteiger partial charge in [0.15, 0.2) is 6.29 Å². The minimum absolute atomic E-state index is 0.0400. The lowest BCUT2D eigenvalue weighted by atomic mass is 9.73. The van der Waals surface area contributed by atoms with Crippen molar-refractivity contribution in [2.45, 2.75) is 141 Å². The zero-order chi connectivity index (χ0) is 40.7. The van der Waals surface area contributed by atoms with E-state index in [1.165, 1.54) is 27.2 Å². The SMILES string of the molecule is CC[C@H]1OC(=O)[C@H](C)[C@@H](OC(=O)NCCc2ccccc2F)[C@H](C)[C@@H](O[C@@H]2O[C@H](C)C[C@H](N(C)C)[C@H]2O)[C@](C)(OC)C[C@@H](C)C(=O)[C@@H](C)[C@@H](OC)[C@]1(C)O. The Kier molecular flexibility index (Phi) is 16.4. The third-order valence-corrected chi connectivity index (χ3v) is 11.6. The molecule has 2 aliphatic heterocycles. The predicted octanol–water partition coefficient (Wildman–Crippen LogP) is 4.28. The highest BCUT2D eigenvalue weighted by Crippen LogP contribution is 2.40. The second-order valence-electron chi connectivity index (χ2n) is 15.9. The number of nitrogens with zero attached hydrogens (tertiary/aromatic N) is 1. The van der Waals surface area contributed by atoms with Gasteiger partial charge >= 0.3 is 12.1 Å². The number of carbonyl (C=O) groups excluding carboxylic acids is 3. The lowest BCUT2D eigenvalue weighted by Gasteiger charge is -2.48. The molecule has 2 saturated heterocycles. The predicted molar refractivity (Wildman–Crippen MR) is 199 cm³/mol. The fourth-order valence-corrected chi connectivity index (χ4v) is 8.38. The van der Waals surface area contributed by atoms with Crippen LogP contribution in [-0.2, 0) is 44.4 Å². The normalized spacial score (nSPS) is 38.7. The Bertz CT molecular complexity index is 1400. The number of rotatable bonds is 10. The molecule has 1 aromatic carbocycles. The maximum atomic E-state index is 14.3. The standard InChI is InChI=1S/C40H65FN2O11/c1-13-30-40(8,48)35(49-11)24(4)31(44)22(2)21-39(7,50-12)34(54-37-32(45)29(43(9)10)20-23(3)51-37)25(5)33(26(6)36(46)52-30)53-38(47)42-19-18-27-16-14-15-17-28(27)41/h14-17,22-26,29-30,32-35,37,45,48H,13,18-21H2,1-12H3,(H,42,47)/t22-,23-,24-,25+,26-,29+,30-,32-,33+,34-,35-,37+,39-,40-/m1/s1. The molecule has 0 aliphatic carbocycles. The number of aliphatic hydroxyl groups is 2. The van der Waals surface area contributed by atoms with Crippen LogP contribution in [0, 0.1) is 29.5 Å². The van der Waals surface area contributed by atoms with Crippen molar-refractivity contribution in [3.8, 4) is 0 Å². The molecule has 1 aromatic rings. The van der Waals surface area contributed by atoms with Crippen molar-refractivity contribution in [1.29, 1.82) is 0 Å². The van der Waals surface area contributed by atoms with E-state index in [0.717, 1.165) is 0 Å². The van der Waals surface area contributed by atoms with Gasteiger partial charge in [-0.25, -0.2) is 9.18 Å². The van der Waals surface area contributed by atoms with Crippen LogP contribution < -0.4 is 5.32 Å². The quantitative estimate of drug-likeness (QED) is 0.290. The number of ketones is 1. The Labute approximate surface area is 320 Å². The van der Waals surface area contributed by atoms with Gasteiger partial charge in [-0.2, -0.15) is 0 Å². The van der Waals surface area contributed by atoms with Gasteiger partial charge in [-0.05, 0) is 79.1 Å². The largest absolute Gasteiger partial charge is 0.459 e. The van der Waals surface area contributed by atoms with Gasteiger partial charge in [0.2, 0.25) is 0 Å².